The largest absolute Gasteiger partial charge is 0.379 e. The molecule has 0 spiro atoms. The molecule has 1 aromatic carbocycles. The smallest absolute Gasteiger partial charge is 0.0772 e. The van der Waals surface area contributed by atoms with E-state index in [1.165, 1.54) is 36.9 Å². The van der Waals surface area contributed by atoms with Gasteiger partial charge in [-0.15, -0.1) is 0 Å². The first-order valence-electron chi connectivity index (χ1n) is 6.16. The number of methoxy groups -OCH3 is 1. The van der Waals surface area contributed by atoms with E-state index >= 15 is 0 Å². The van der Waals surface area contributed by atoms with E-state index in [4.69, 9.17) is 4.74 Å². The van der Waals surface area contributed by atoms with Gasteiger partial charge in [-0.3, -0.25) is 0 Å². The van der Waals surface area contributed by atoms with Crippen LogP contribution in [0.3, 0.4) is 0 Å². The van der Waals surface area contributed by atoms with Crippen LogP contribution >= 0.6 is 0 Å². The first-order chi connectivity index (χ1) is 7.81. The highest BCUT2D eigenvalue weighted by Crippen LogP contribution is 2.25. The fraction of sp³-hybridized carbons (Fsp3) is 0.571. The Morgan fingerprint density at radius 1 is 1.19 bits per heavy atom. The van der Waals surface area contributed by atoms with Crippen molar-refractivity contribution in [1.82, 2.24) is 0 Å². The molecule has 1 fully saturated rings. The standard InChI is InChI=1S/C14H21NO/c1-11-7-3-4-8-12(11)15-13-9-5-6-10-14(13)16-2/h3-4,7-8,13-15H,5-6,9-10H2,1-2H3/t13-,14-/m1/s1. The minimum Gasteiger partial charge on any atom is -0.379 e. The molecular formula is C14H21NO. The van der Waals surface area contributed by atoms with Crippen molar-refractivity contribution in [2.75, 3.05) is 12.4 Å². The molecule has 0 saturated heterocycles. The average molecular weight is 219 g/mol. The monoisotopic (exact) mass is 219 g/mol. The predicted molar refractivity (Wildman–Crippen MR) is 67.9 cm³/mol. The second kappa shape index (κ2) is 5.35. The fourth-order valence-corrected chi connectivity index (χ4v) is 2.48. The number of rotatable bonds is 3. The van der Waals surface area contributed by atoms with Crippen LogP contribution in [0.15, 0.2) is 24.3 Å². The summed E-state index contributed by atoms with van der Waals surface area (Å²) in [5, 5.41) is 3.63. The molecular weight excluding hydrogens is 198 g/mol. The topological polar surface area (TPSA) is 21.3 Å². The van der Waals surface area contributed by atoms with Gasteiger partial charge < -0.3 is 10.1 Å². The molecule has 1 aromatic rings. The van der Waals surface area contributed by atoms with Crippen molar-refractivity contribution in [2.45, 2.75) is 44.8 Å². The first kappa shape index (κ1) is 11.5. The van der Waals surface area contributed by atoms with Gasteiger partial charge in [-0.05, 0) is 31.4 Å². The van der Waals surface area contributed by atoms with Crippen molar-refractivity contribution in [3.05, 3.63) is 29.8 Å². The summed E-state index contributed by atoms with van der Waals surface area (Å²) in [6, 6.07) is 8.93. The van der Waals surface area contributed by atoms with Crippen LogP contribution in [-0.4, -0.2) is 19.3 Å². The van der Waals surface area contributed by atoms with Crippen LogP contribution in [0.1, 0.15) is 31.2 Å². The summed E-state index contributed by atoms with van der Waals surface area (Å²) in [6.45, 7) is 2.15. The Bertz CT molecular complexity index is 337. The normalized spacial score (nSPS) is 25.4. The van der Waals surface area contributed by atoms with Crippen molar-refractivity contribution in [1.29, 1.82) is 0 Å². The van der Waals surface area contributed by atoms with Crippen LogP contribution in [0.5, 0.6) is 0 Å². The number of hydrogen-bond donors (Lipinski definition) is 1. The quantitative estimate of drug-likeness (QED) is 0.841. The molecule has 0 heterocycles. The molecule has 0 unspecified atom stereocenters. The fourth-order valence-electron chi connectivity index (χ4n) is 2.48. The second-order valence-corrected chi connectivity index (χ2v) is 4.62. The highest BCUT2D eigenvalue weighted by atomic mass is 16.5. The Kier molecular flexibility index (Phi) is 3.83. The number of benzene rings is 1. The maximum absolute atomic E-state index is 5.55. The van der Waals surface area contributed by atoms with Crippen LogP contribution in [0.2, 0.25) is 0 Å². The molecule has 2 nitrogen and oxygen atoms in total. The SMILES string of the molecule is CO[C@@H]1CCCC[C@H]1Nc1ccccc1C. The molecule has 0 radical (unpaired) electrons. The molecule has 2 heteroatoms. The van der Waals surface area contributed by atoms with E-state index in [1.807, 2.05) is 7.11 Å². The number of nitrogens with one attached hydrogen (secondary N) is 1. The molecule has 1 N–H and O–H groups in total. The van der Waals surface area contributed by atoms with Crippen molar-refractivity contribution in [3.63, 3.8) is 0 Å². The molecule has 0 aromatic heterocycles. The summed E-state index contributed by atoms with van der Waals surface area (Å²) < 4.78 is 5.55. The summed E-state index contributed by atoms with van der Waals surface area (Å²) in [5.74, 6) is 0. The zero-order valence-corrected chi connectivity index (χ0v) is 10.2. The Morgan fingerprint density at radius 2 is 1.94 bits per heavy atom. The molecule has 16 heavy (non-hydrogen) atoms. The zero-order chi connectivity index (χ0) is 11.4. The third-order valence-corrected chi connectivity index (χ3v) is 3.49. The van der Waals surface area contributed by atoms with Crippen LogP contribution in [0.4, 0.5) is 5.69 Å². The Labute approximate surface area is 98.0 Å². The lowest BCUT2D eigenvalue weighted by Gasteiger charge is -2.32. The molecule has 1 saturated carbocycles. The highest BCUT2D eigenvalue weighted by molar-refractivity contribution is 5.51. The van der Waals surface area contributed by atoms with E-state index in [2.05, 4.69) is 36.5 Å². The number of ether oxygens (including phenoxy) is 1. The number of para-hydroxylation sites is 1. The summed E-state index contributed by atoms with van der Waals surface area (Å²) >= 11 is 0. The zero-order valence-electron chi connectivity index (χ0n) is 10.2. The van der Waals surface area contributed by atoms with E-state index in [9.17, 15) is 0 Å². The number of anilines is 1. The second-order valence-electron chi connectivity index (χ2n) is 4.62. The van der Waals surface area contributed by atoms with Gasteiger partial charge in [-0.25, -0.2) is 0 Å². The van der Waals surface area contributed by atoms with Crippen molar-refractivity contribution in [2.24, 2.45) is 0 Å². The Balaban J connectivity index is 2.05. The lowest BCUT2D eigenvalue weighted by atomic mass is 9.92. The van der Waals surface area contributed by atoms with Crippen molar-refractivity contribution >= 4 is 5.69 Å². The Morgan fingerprint density at radius 3 is 2.69 bits per heavy atom. The molecule has 0 bridgehead atoms. The summed E-state index contributed by atoms with van der Waals surface area (Å²) in [6.07, 6.45) is 5.37. The van der Waals surface area contributed by atoms with Crippen LogP contribution < -0.4 is 5.32 Å². The molecule has 88 valence electrons. The van der Waals surface area contributed by atoms with Crippen LogP contribution in [0, 0.1) is 6.92 Å². The van der Waals surface area contributed by atoms with Crippen molar-refractivity contribution in [3.8, 4) is 0 Å². The maximum Gasteiger partial charge on any atom is 0.0772 e. The molecule has 2 rings (SSSR count). The first-order valence-corrected chi connectivity index (χ1v) is 6.16. The van der Waals surface area contributed by atoms with Crippen molar-refractivity contribution < 1.29 is 4.74 Å². The summed E-state index contributed by atoms with van der Waals surface area (Å²) in [7, 11) is 1.82. The molecule has 1 aliphatic carbocycles. The third kappa shape index (κ3) is 2.56. The molecule has 1 aliphatic rings. The van der Waals surface area contributed by atoms with E-state index in [0.29, 0.717) is 12.1 Å². The van der Waals surface area contributed by atoms with Gasteiger partial charge in [-0.1, -0.05) is 31.0 Å². The number of aryl methyl sites for hydroxylation is 1. The van der Waals surface area contributed by atoms with E-state index < -0.39 is 0 Å². The van der Waals surface area contributed by atoms with Gasteiger partial charge in [0.2, 0.25) is 0 Å². The lowest BCUT2D eigenvalue weighted by Crippen LogP contribution is -2.37. The lowest BCUT2D eigenvalue weighted by molar-refractivity contribution is 0.0606. The minimum atomic E-state index is 0.369. The van der Waals surface area contributed by atoms with E-state index in [0.717, 1.165) is 0 Å². The van der Waals surface area contributed by atoms with Crippen LogP contribution in [-0.2, 0) is 4.74 Å². The van der Waals surface area contributed by atoms with Gasteiger partial charge in [0.1, 0.15) is 0 Å². The van der Waals surface area contributed by atoms with Gasteiger partial charge in [0, 0.05) is 12.8 Å². The molecule has 0 aliphatic heterocycles. The number of hydrogen-bond acceptors (Lipinski definition) is 2. The van der Waals surface area contributed by atoms with Gasteiger partial charge in [-0.2, -0.15) is 0 Å². The van der Waals surface area contributed by atoms with E-state index in [-0.39, 0.29) is 0 Å². The summed E-state index contributed by atoms with van der Waals surface area (Å²) in [4.78, 5) is 0. The predicted octanol–water partition coefficient (Wildman–Crippen LogP) is 3.36. The third-order valence-electron chi connectivity index (χ3n) is 3.49. The van der Waals surface area contributed by atoms with Gasteiger partial charge in [0.25, 0.3) is 0 Å². The molecule has 2 atom stereocenters. The molecule has 0 amide bonds. The van der Waals surface area contributed by atoms with E-state index in [1.54, 1.807) is 0 Å². The maximum atomic E-state index is 5.55. The van der Waals surface area contributed by atoms with Gasteiger partial charge in [0.05, 0.1) is 12.1 Å². The van der Waals surface area contributed by atoms with Gasteiger partial charge in [0.15, 0.2) is 0 Å². The minimum absolute atomic E-state index is 0.369. The highest BCUT2D eigenvalue weighted by Gasteiger charge is 2.24. The van der Waals surface area contributed by atoms with Crippen LogP contribution in [0.25, 0.3) is 0 Å². The Hall–Kier alpha value is -1.02. The van der Waals surface area contributed by atoms with Gasteiger partial charge >= 0.3 is 0 Å². The average Bonchev–Trinajstić information content (AvgIpc) is 2.33. The summed E-state index contributed by atoms with van der Waals surface area (Å²) in [5.41, 5.74) is 2.55.